The van der Waals surface area contributed by atoms with Crippen molar-refractivity contribution in [3.05, 3.63) is 255 Å². The number of para-hydroxylation sites is 6. The maximum atomic E-state index is 5.32. The van der Waals surface area contributed by atoms with E-state index in [0.29, 0.717) is 0 Å². The van der Waals surface area contributed by atoms with Crippen molar-refractivity contribution in [3.8, 4) is 57.2 Å². The summed E-state index contributed by atoms with van der Waals surface area (Å²) in [5, 5.41) is 9.62. The molecule has 354 valence electrons. The van der Waals surface area contributed by atoms with Gasteiger partial charge in [-0.25, -0.2) is 19.9 Å². The van der Waals surface area contributed by atoms with Gasteiger partial charge >= 0.3 is 0 Å². The average molecular weight is 971 g/mol. The Morgan fingerprint density at radius 1 is 0.184 bits per heavy atom. The van der Waals surface area contributed by atoms with Crippen LogP contribution in [0.15, 0.2) is 255 Å². The van der Waals surface area contributed by atoms with Gasteiger partial charge in [-0.2, -0.15) is 0 Å². The fraction of sp³-hybridized carbons (Fsp3) is 0. The van der Waals surface area contributed by atoms with Crippen LogP contribution in [0.1, 0.15) is 0 Å². The van der Waals surface area contributed by atoms with Crippen molar-refractivity contribution in [3.63, 3.8) is 0 Å². The third kappa shape index (κ3) is 6.37. The highest BCUT2D eigenvalue weighted by Crippen LogP contribution is 2.39. The van der Waals surface area contributed by atoms with E-state index in [9.17, 15) is 0 Å². The van der Waals surface area contributed by atoms with E-state index in [1.54, 1.807) is 0 Å². The number of aromatic nitrogens is 8. The number of nitrogens with zero attached hydrogens (tertiary/aromatic N) is 8. The summed E-state index contributed by atoms with van der Waals surface area (Å²) < 4.78 is 9.29. The van der Waals surface area contributed by atoms with Crippen LogP contribution >= 0.6 is 0 Å². The molecule has 0 unspecified atom stereocenters. The van der Waals surface area contributed by atoms with Crippen LogP contribution in [0.4, 0.5) is 0 Å². The third-order valence-corrected chi connectivity index (χ3v) is 15.2. The summed E-state index contributed by atoms with van der Waals surface area (Å²) in [7, 11) is 0. The number of fused-ring (bicyclic) bond motifs is 12. The van der Waals surface area contributed by atoms with Crippen LogP contribution in [0.5, 0.6) is 0 Å². The second-order valence-electron chi connectivity index (χ2n) is 19.4. The summed E-state index contributed by atoms with van der Waals surface area (Å²) >= 11 is 0. The first-order chi connectivity index (χ1) is 37.7. The highest BCUT2D eigenvalue weighted by Gasteiger charge is 2.20. The van der Waals surface area contributed by atoms with E-state index < -0.39 is 0 Å². The Morgan fingerprint density at radius 2 is 0.434 bits per heavy atom. The standard InChI is InChI=1S/C68H42N8/c1-7-29-59-45(17-1)46-18-2-8-30-60(46)73(59)43-37-39-65-51(41-43)49-21-5-11-33-63(49)75(65)67-35-15-27-57(71-67)55-25-13-23-53(69-55)54-24-14-26-56(70-54)58-28-16-36-68(72-58)76-64-34-12-6-22-50(64)52-42-44(38-40-66(52)76)74-61-31-9-3-19-47(61)48-20-4-10-32-62(48)74/h1-42H. The van der Waals surface area contributed by atoms with Gasteiger partial charge in [-0.05, 0) is 121 Å². The molecule has 0 radical (unpaired) electrons. The van der Waals surface area contributed by atoms with Gasteiger partial charge in [0.15, 0.2) is 0 Å². The Balaban J connectivity index is 0.745. The van der Waals surface area contributed by atoms with Gasteiger partial charge in [-0.3, -0.25) is 9.13 Å². The van der Waals surface area contributed by atoms with Gasteiger partial charge in [0.25, 0.3) is 0 Å². The molecule has 8 aromatic carbocycles. The maximum absolute atomic E-state index is 5.32. The SMILES string of the molecule is c1cc(-c2cccc(-c3cccc(-n4c5ccccc5c5cc(-n6c7ccccc7c7ccccc76)ccc54)n3)n2)nc(-c2cccc(-n3c4ccccc4c4cc(-n5c6ccccc6c6ccccc65)ccc43)n2)c1. The van der Waals surface area contributed by atoms with Gasteiger partial charge in [0.1, 0.15) is 11.6 Å². The zero-order valence-electron chi connectivity index (χ0n) is 40.8. The lowest BCUT2D eigenvalue weighted by Crippen LogP contribution is -2.00. The van der Waals surface area contributed by atoms with Crippen molar-refractivity contribution in [1.29, 1.82) is 0 Å². The molecule has 0 N–H and O–H groups in total. The van der Waals surface area contributed by atoms with Gasteiger partial charge in [0.2, 0.25) is 0 Å². The summed E-state index contributed by atoms with van der Waals surface area (Å²) in [6.07, 6.45) is 0. The Morgan fingerprint density at radius 3 is 0.763 bits per heavy atom. The minimum Gasteiger partial charge on any atom is -0.309 e. The van der Waals surface area contributed by atoms with E-state index in [0.717, 1.165) is 90.0 Å². The van der Waals surface area contributed by atoms with Crippen molar-refractivity contribution in [1.82, 2.24) is 38.2 Å². The van der Waals surface area contributed by atoms with Crippen molar-refractivity contribution in [2.45, 2.75) is 0 Å². The van der Waals surface area contributed by atoms with Crippen LogP contribution in [-0.4, -0.2) is 38.2 Å². The number of rotatable bonds is 7. The molecule has 8 heteroatoms. The van der Waals surface area contributed by atoms with Gasteiger partial charge in [0, 0.05) is 54.5 Å². The molecule has 0 amide bonds. The summed E-state index contributed by atoms with van der Waals surface area (Å²) in [6.45, 7) is 0. The molecule has 8 nitrogen and oxygen atoms in total. The maximum Gasteiger partial charge on any atom is 0.138 e. The van der Waals surface area contributed by atoms with Crippen molar-refractivity contribution in [2.75, 3.05) is 0 Å². The first-order valence-corrected chi connectivity index (χ1v) is 25.6. The molecule has 16 rings (SSSR count). The Labute approximate surface area is 435 Å². The molecule has 76 heavy (non-hydrogen) atoms. The molecule has 0 bridgehead atoms. The molecule has 0 spiro atoms. The molecule has 16 aromatic rings. The molecule has 0 fully saturated rings. The zero-order valence-corrected chi connectivity index (χ0v) is 40.8. The van der Waals surface area contributed by atoms with Gasteiger partial charge in [0.05, 0.1) is 78.3 Å². The lowest BCUT2D eigenvalue weighted by atomic mass is 10.1. The minimum absolute atomic E-state index is 0.749. The predicted molar refractivity (Wildman–Crippen MR) is 311 cm³/mol. The van der Waals surface area contributed by atoms with Crippen LogP contribution in [0, 0.1) is 0 Å². The molecule has 8 heterocycles. The molecule has 0 saturated carbocycles. The van der Waals surface area contributed by atoms with Crippen LogP contribution in [0.3, 0.4) is 0 Å². The quantitative estimate of drug-likeness (QED) is 0.160. The Bertz CT molecular complexity index is 4610. The smallest absolute Gasteiger partial charge is 0.138 e. The van der Waals surface area contributed by atoms with Crippen LogP contribution in [0.2, 0.25) is 0 Å². The number of benzene rings is 8. The molecule has 0 aliphatic heterocycles. The summed E-state index contributed by atoms with van der Waals surface area (Å²) in [5.74, 6) is 1.64. The van der Waals surface area contributed by atoms with Crippen molar-refractivity contribution < 1.29 is 0 Å². The second-order valence-corrected chi connectivity index (χ2v) is 19.4. The van der Waals surface area contributed by atoms with E-state index in [4.69, 9.17) is 19.9 Å². The normalized spacial score (nSPS) is 11.9. The summed E-state index contributed by atoms with van der Waals surface area (Å²) in [4.78, 5) is 21.1. The lowest BCUT2D eigenvalue weighted by molar-refractivity contribution is 1.07. The minimum atomic E-state index is 0.749. The zero-order chi connectivity index (χ0) is 49.8. The van der Waals surface area contributed by atoms with E-state index in [1.165, 1.54) is 54.4 Å². The fourth-order valence-corrected chi connectivity index (χ4v) is 11.9. The topological polar surface area (TPSA) is 71.3 Å². The molecule has 0 aliphatic rings. The van der Waals surface area contributed by atoms with Crippen LogP contribution < -0.4 is 0 Å². The number of hydrogen-bond donors (Lipinski definition) is 0. The summed E-state index contributed by atoms with van der Waals surface area (Å²) in [6, 6.07) is 89.9. The molecular formula is C68H42N8. The van der Waals surface area contributed by atoms with Gasteiger partial charge in [-0.15, -0.1) is 0 Å². The van der Waals surface area contributed by atoms with Crippen molar-refractivity contribution in [2.24, 2.45) is 0 Å². The van der Waals surface area contributed by atoms with E-state index in [1.807, 2.05) is 48.5 Å². The predicted octanol–water partition coefficient (Wildman–Crippen LogP) is 16.7. The second kappa shape index (κ2) is 16.5. The average Bonchev–Trinajstić information content (AvgIpc) is 4.34. The third-order valence-electron chi connectivity index (χ3n) is 15.2. The highest BCUT2D eigenvalue weighted by atomic mass is 15.1. The molecule has 0 aliphatic carbocycles. The van der Waals surface area contributed by atoms with E-state index in [2.05, 4.69) is 225 Å². The molecule has 0 saturated heterocycles. The van der Waals surface area contributed by atoms with Gasteiger partial charge in [-0.1, -0.05) is 133 Å². The first kappa shape index (κ1) is 42.1. The van der Waals surface area contributed by atoms with Crippen LogP contribution in [-0.2, 0) is 0 Å². The van der Waals surface area contributed by atoms with E-state index >= 15 is 0 Å². The monoisotopic (exact) mass is 970 g/mol. The molecular weight excluding hydrogens is 929 g/mol. The Kier molecular flexibility index (Phi) is 9.17. The molecule has 8 aromatic heterocycles. The first-order valence-electron chi connectivity index (χ1n) is 25.6. The molecule has 0 atom stereocenters. The Hall–Kier alpha value is -10.4. The number of hydrogen-bond acceptors (Lipinski definition) is 4. The largest absolute Gasteiger partial charge is 0.309 e. The van der Waals surface area contributed by atoms with E-state index in [-0.39, 0.29) is 0 Å². The van der Waals surface area contributed by atoms with Crippen molar-refractivity contribution >= 4 is 87.2 Å². The van der Waals surface area contributed by atoms with Gasteiger partial charge < -0.3 is 9.13 Å². The van der Waals surface area contributed by atoms with Crippen LogP contribution in [0.25, 0.3) is 144 Å². The summed E-state index contributed by atoms with van der Waals surface area (Å²) in [5.41, 5.74) is 15.9. The number of pyridine rings is 4. The lowest BCUT2D eigenvalue weighted by Gasteiger charge is -2.11. The fourth-order valence-electron chi connectivity index (χ4n) is 11.9. The highest BCUT2D eigenvalue weighted by molar-refractivity contribution is 6.14.